The van der Waals surface area contributed by atoms with E-state index >= 15 is 0 Å². The number of carbonyl (C=O) groups is 2. The van der Waals surface area contributed by atoms with Gasteiger partial charge in [-0.1, -0.05) is 43.9 Å². The maximum atomic E-state index is 12.5. The van der Waals surface area contributed by atoms with Crippen molar-refractivity contribution in [2.24, 2.45) is 5.92 Å². The van der Waals surface area contributed by atoms with E-state index < -0.39 is 6.04 Å². The van der Waals surface area contributed by atoms with E-state index in [1.165, 1.54) is 0 Å². The van der Waals surface area contributed by atoms with Crippen molar-refractivity contribution in [3.63, 3.8) is 0 Å². The molecule has 0 aliphatic heterocycles. The first kappa shape index (κ1) is 21.0. The Morgan fingerprint density at radius 2 is 1.71 bits per heavy atom. The largest absolute Gasteiger partial charge is 0.494 e. The van der Waals surface area contributed by atoms with E-state index in [0.29, 0.717) is 17.9 Å². The Balaban J connectivity index is 1.93. The van der Waals surface area contributed by atoms with Crippen LogP contribution in [0.4, 0.5) is 0 Å². The van der Waals surface area contributed by atoms with Gasteiger partial charge >= 0.3 is 0 Å². The van der Waals surface area contributed by atoms with E-state index in [-0.39, 0.29) is 24.3 Å². The number of hydrogen-bond acceptors (Lipinski definition) is 3. The molecule has 2 aromatic rings. The van der Waals surface area contributed by atoms with Gasteiger partial charge in [0.2, 0.25) is 5.91 Å². The lowest BCUT2D eigenvalue weighted by Crippen LogP contribution is -2.49. The highest BCUT2D eigenvalue weighted by molar-refractivity contribution is 5.97. The van der Waals surface area contributed by atoms with Crippen molar-refractivity contribution in [1.82, 2.24) is 10.6 Å². The molecule has 0 spiro atoms. The van der Waals surface area contributed by atoms with Crippen LogP contribution in [0, 0.1) is 17.8 Å². The van der Waals surface area contributed by atoms with Crippen molar-refractivity contribution in [3.05, 3.63) is 65.7 Å². The summed E-state index contributed by atoms with van der Waals surface area (Å²) in [5.74, 6) is 6.00. The van der Waals surface area contributed by atoms with Gasteiger partial charge in [-0.15, -0.1) is 0 Å². The molecule has 5 heteroatoms. The smallest absolute Gasteiger partial charge is 0.251 e. The molecule has 0 fully saturated rings. The van der Waals surface area contributed by atoms with E-state index in [1.807, 2.05) is 51.1 Å². The van der Waals surface area contributed by atoms with Gasteiger partial charge in [-0.25, -0.2) is 0 Å². The second-order valence-electron chi connectivity index (χ2n) is 6.54. The summed E-state index contributed by atoms with van der Waals surface area (Å²) < 4.78 is 5.38. The molecule has 0 aliphatic rings. The lowest BCUT2D eigenvalue weighted by Gasteiger charge is -2.21. The average Bonchev–Trinajstić information content (AvgIpc) is 2.70. The molecule has 0 heterocycles. The predicted octanol–water partition coefficient (Wildman–Crippen LogP) is 3.01. The zero-order valence-corrected chi connectivity index (χ0v) is 16.5. The first-order chi connectivity index (χ1) is 13.5. The standard InChI is InChI=1S/C23H26N2O3/c1-4-28-20-14-12-19(13-15-20)22(26)25-21(17(2)3)23(27)24-16-8-11-18-9-6-5-7-10-18/h5-7,9-10,12-15,17,21H,4,16H2,1-3H3,(H,24,27)(H,25,26). The molecule has 0 aromatic heterocycles. The van der Waals surface area contributed by atoms with Crippen LogP contribution in [0.5, 0.6) is 5.75 Å². The molecule has 0 saturated heterocycles. The summed E-state index contributed by atoms with van der Waals surface area (Å²) in [5, 5.41) is 5.57. The van der Waals surface area contributed by atoms with Gasteiger partial charge in [0.1, 0.15) is 11.8 Å². The van der Waals surface area contributed by atoms with Crippen molar-refractivity contribution >= 4 is 11.8 Å². The van der Waals surface area contributed by atoms with Crippen LogP contribution in [-0.4, -0.2) is 31.0 Å². The highest BCUT2D eigenvalue weighted by atomic mass is 16.5. The molecule has 146 valence electrons. The van der Waals surface area contributed by atoms with Crippen molar-refractivity contribution < 1.29 is 14.3 Å². The Bertz CT molecular complexity index is 834. The normalized spacial score (nSPS) is 11.1. The Hall–Kier alpha value is -3.26. The van der Waals surface area contributed by atoms with Crippen LogP contribution in [0.15, 0.2) is 54.6 Å². The van der Waals surface area contributed by atoms with Crippen LogP contribution in [0.1, 0.15) is 36.7 Å². The van der Waals surface area contributed by atoms with Crippen molar-refractivity contribution in [2.45, 2.75) is 26.8 Å². The Kier molecular flexibility index (Phi) is 8.11. The summed E-state index contributed by atoms with van der Waals surface area (Å²) in [6.45, 7) is 6.46. The molecule has 2 aromatic carbocycles. The number of amides is 2. The highest BCUT2D eigenvalue weighted by Crippen LogP contribution is 2.13. The van der Waals surface area contributed by atoms with Crippen molar-refractivity contribution in [3.8, 4) is 17.6 Å². The maximum Gasteiger partial charge on any atom is 0.251 e. The number of benzene rings is 2. The first-order valence-electron chi connectivity index (χ1n) is 9.36. The van der Waals surface area contributed by atoms with Gasteiger partial charge < -0.3 is 15.4 Å². The summed E-state index contributed by atoms with van der Waals surface area (Å²) >= 11 is 0. The van der Waals surface area contributed by atoms with E-state index in [0.717, 1.165) is 5.56 Å². The SMILES string of the molecule is CCOc1ccc(C(=O)NC(C(=O)NCC#Cc2ccccc2)C(C)C)cc1. The zero-order chi connectivity index (χ0) is 20.4. The summed E-state index contributed by atoms with van der Waals surface area (Å²) in [6, 6.07) is 15.8. The molecule has 2 N–H and O–H groups in total. The minimum atomic E-state index is -0.641. The molecule has 0 aliphatic carbocycles. The Morgan fingerprint density at radius 1 is 1.04 bits per heavy atom. The molecule has 0 saturated carbocycles. The maximum absolute atomic E-state index is 12.5. The highest BCUT2D eigenvalue weighted by Gasteiger charge is 2.24. The van der Waals surface area contributed by atoms with Gasteiger partial charge in [0.25, 0.3) is 5.91 Å². The molecule has 2 amide bonds. The van der Waals surface area contributed by atoms with E-state index in [1.54, 1.807) is 24.3 Å². The van der Waals surface area contributed by atoms with E-state index in [9.17, 15) is 9.59 Å². The molecule has 2 rings (SSSR count). The number of hydrogen-bond donors (Lipinski definition) is 2. The third-order valence-electron chi connectivity index (χ3n) is 4.02. The van der Waals surface area contributed by atoms with E-state index in [2.05, 4.69) is 22.5 Å². The molecule has 0 bridgehead atoms. The number of ether oxygens (including phenoxy) is 1. The van der Waals surface area contributed by atoms with Gasteiger partial charge in [0.15, 0.2) is 0 Å². The quantitative estimate of drug-likeness (QED) is 0.728. The van der Waals surface area contributed by atoms with Gasteiger partial charge in [0.05, 0.1) is 13.2 Å². The third kappa shape index (κ3) is 6.48. The zero-order valence-electron chi connectivity index (χ0n) is 16.5. The average molecular weight is 378 g/mol. The Labute approximate surface area is 166 Å². The monoisotopic (exact) mass is 378 g/mol. The number of carbonyl (C=O) groups excluding carboxylic acids is 2. The van der Waals surface area contributed by atoms with Gasteiger partial charge in [-0.3, -0.25) is 9.59 Å². The lowest BCUT2D eigenvalue weighted by molar-refractivity contribution is -0.123. The van der Waals surface area contributed by atoms with Gasteiger partial charge in [-0.2, -0.15) is 0 Å². The summed E-state index contributed by atoms with van der Waals surface area (Å²) in [6.07, 6.45) is 0. The topological polar surface area (TPSA) is 67.4 Å². The summed E-state index contributed by atoms with van der Waals surface area (Å²) in [5.41, 5.74) is 1.37. The molecule has 1 atom stereocenters. The predicted molar refractivity (Wildman–Crippen MR) is 110 cm³/mol. The third-order valence-corrected chi connectivity index (χ3v) is 4.02. The second kappa shape index (κ2) is 10.8. The molecule has 28 heavy (non-hydrogen) atoms. The van der Waals surface area contributed by atoms with E-state index in [4.69, 9.17) is 4.74 Å². The fraction of sp³-hybridized carbons (Fsp3) is 0.304. The molecular weight excluding hydrogens is 352 g/mol. The van der Waals surface area contributed by atoms with Crippen LogP contribution in [0.3, 0.4) is 0 Å². The molecule has 1 unspecified atom stereocenters. The summed E-state index contributed by atoms with van der Waals surface area (Å²) in [4.78, 5) is 25.0. The molecule has 5 nitrogen and oxygen atoms in total. The van der Waals surface area contributed by atoms with Crippen LogP contribution in [0.2, 0.25) is 0 Å². The molecule has 0 radical (unpaired) electrons. The van der Waals surface area contributed by atoms with Gasteiger partial charge in [-0.05, 0) is 49.2 Å². The van der Waals surface area contributed by atoms with Gasteiger partial charge in [0, 0.05) is 11.1 Å². The number of rotatable bonds is 7. The Morgan fingerprint density at radius 3 is 2.32 bits per heavy atom. The second-order valence-corrected chi connectivity index (χ2v) is 6.54. The molecular formula is C23H26N2O3. The fourth-order valence-corrected chi connectivity index (χ4v) is 2.54. The lowest BCUT2D eigenvalue weighted by atomic mass is 10.0. The van der Waals surface area contributed by atoms with Crippen LogP contribution in [0.25, 0.3) is 0 Å². The number of nitrogens with one attached hydrogen (secondary N) is 2. The van der Waals surface area contributed by atoms with Crippen LogP contribution in [-0.2, 0) is 4.79 Å². The van der Waals surface area contributed by atoms with Crippen LogP contribution < -0.4 is 15.4 Å². The minimum absolute atomic E-state index is 0.0614. The van der Waals surface area contributed by atoms with Crippen molar-refractivity contribution in [1.29, 1.82) is 0 Å². The van der Waals surface area contributed by atoms with Crippen molar-refractivity contribution in [2.75, 3.05) is 13.2 Å². The fourth-order valence-electron chi connectivity index (χ4n) is 2.54. The summed E-state index contributed by atoms with van der Waals surface area (Å²) in [7, 11) is 0. The van der Waals surface area contributed by atoms with Crippen LogP contribution >= 0.6 is 0 Å². The first-order valence-corrected chi connectivity index (χ1v) is 9.36. The minimum Gasteiger partial charge on any atom is -0.494 e.